The van der Waals surface area contributed by atoms with E-state index in [1.807, 2.05) is 30.3 Å². The summed E-state index contributed by atoms with van der Waals surface area (Å²) in [5.74, 6) is 0. The van der Waals surface area contributed by atoms with Crippen molar-refractivity contribution >= 4 is 31.9 Å². The first-order valence-electron chi connectivity index (χ1n) is 5.83. The highest BCUT2D eigenvalue weighted by atomic mass is 79.9. The molecular formula is C15H14Br2O. The zero-order valence-electron chi connectivity index (χ0n) is 10.0. The summed E-state index contributed by atoms with van der Waals surface area (Å²) in [6.07, 6.45) is 0.431. The molecule has 2 rings (SSSR count). The third-order valence-corrected chi connectivity index (χ3v) is 4.84. The third kappa shape index (κ3) is 3.02. The van der Waals surface area contributed by atoms with Gasteiger partial charge >= 0.3 is 0 Å². The van der Waals surface area contributed by atoms with E-state index in [-0.39, 0.29) is 0 Å². The molecule has 0 saturated carbocycles. The van der Waals surface area contributed by atoms with E-state index in [0.717, 1.165) is 26.5 Å². The Kier molecular flexibility index (Phi) is 4.60. The van der Waals surface area contributed by atoms with Gasteiger partial charge < -0.3 is 5.11 Å². The Morgan fingerprint density at radius 2 is 1.56 bits per heavy atom. The van der Waals surface area contributed by atoms with Crippen molar-refractivity contribution in [1.82, 2.24) is 0 Å². The number of aliphatic hydroxyl groups excluding tert-OH is 1. The first kappa shape index (κ1) is 13.8. The van der Waals surface area contributed by atoms with Crippen molar-refractivity contribution < 1.29 is 5.11 Å². The first-order valence-corrected chi connectivity index (χ1v) is 7.42. The molecule has 1 N–H and O–H groups in total. The monoisotopic (exact) mass is 368 g/mol. The smallest absolute Gasteiger partial charge is 0.104 e. The number of rotatable bonds is 3. The molecule has 2 aromatic rings. The van der Waals surface area contributed by atoms with Crippen LogP contribution >= 0.6 is 31.9 Å². The van der Waals surface area contributed by atoms with Crippen LogP contribution in [-0.2, 0) is 6.42 Å². The summed E-state index contributed by atoms with van der Waals surface area (Å²) in [6, 6.07) is 13.9. The maximum atomic E-state index is 10.3. The van der Waals surface area contributed by atoms with Gasteiger partial charge in [0.1, 0.15) is 6.10 Å². The predicted molar refractivity (Wildman–Crippen MR) is 81.7 cm³/mol. The lowest BCUT2D eigenvalue weighted by Gasteiger charge is -2.13. The number of hydrogen-bond acceptors (Lipinski definition) is 1. The largest absolute Gasteiger partial charge is 0.384 e. The lowest BCUT2D eigenvalue weighted by Crippen LogP contribution is -1.99. The van der Waals surface area contributed by atoms with Crippen LogP contribution in [0.3, 0.4) is 0 Å². The van der Waals surface area contributed by atoms with Gasteiger partial charge in [-0.25, -0.2) is 0 Å². The van der Waals surface area contributed by atoms with E-state index in [2.05, 4.69) is 50.9 Å². The van der Waals surface area contributed by atoms with Crippen LogP contribution < -0.4 is 0 Å². The quantitative estimate of drug-likeness (QED) is 0.819. The fraction of sp³-hybridized carbons (Fsp3) is 0.200. The molecule has 94 valence electrons. The van der Waals surface area contributed by atoms with Crippen molar-refractivity contribution in [3.05, 3.63) is 68.1 Å². The van der Waals surface area contributed by atoms with Crippen LogP contribution in [0, 0.1) is 0 Å². The Morgan fingerprint density at radius 3 is 2.11 bits per heavy atom. The van der Waals surface area contributed by atoms with Crippen LogP contribution in [0.2, 0.25) is 0 Å². The SMILES string of the molecule is CCc1ccc(C(O)c2ccc(Br)c(Br)c2)cc1. The highest BCUT2D eigenvalue weighted by Crippen LogP contribution is 2.29. The lowest BCUT2D eigenvalue weighted by atomic mass is 10.00. The van der Waals surface area contributed by atoms with Crippen molar-refractivity contribution in [1.29, 1.82) is 0 Å². The first-order chi connectivity index (χ1) is 8.61. The van der Waals surface area contributed by atoms with Crippen LogP contribution in [0.15, 0.2) is 51.4 Å². The second-order valence-corrected chi connectivity index (χ2v) is 5.88. The van der Waals surface area contributed by atoms with Crippen LogP contribution in [0.25, 0.3) is 0 Å². The summed E-state index contributed by atoms with van der Waals surface area (Å²) < 4.78 is 1.93. The molecule has 18 heavy (non-hydrogen) atoms. The number of benzene rings is 2. The summed E-state index contributed by atoms with van der Waals surface area (Å²) >= 11 is 6.88. The molecule has 0 aliphatic heterocycles. The van der Waals surface area contributed by atoms with Crippen molar-refractivity contribution in [2.75, 3.05) is 0 Å². The van der Waals surface area contributed by atoms with E-state index in [1.165, 1.54) is 5.56 Å². The molecule has 0 radical (unpaired) electrons. The molecule has 0 spiro atoms. The van der Waals surface area contributed by atoms with Crippen molar-refractivity contribution in [2.45, 2.75) is 19.4 Å². The zero-order valence-corrected chi connectivity index (χ0v) is 13.2. The average Bonchev–Trinajstić information content (AvgIpc) is 2.41. The number of aliphatic hydroxyl groups is 1. The summed E-state index contributed by atoms with van der Waals surface area (Å²) in [4.78, 5) is 0. The van der Waals surface area contributed by atoms with Crippen LogP contribution in [-0.4, -0.2) is 5.11 Å². The minimum Gasteiger partial charge on any atom is -0.384 e. The molecular weight excluding hydrogens is 356 g/mol. The summed E-state index contributed by atoms with van der Waals surface area (Å²) in [6.45, 7) is 2.12. The van der Waals surface area contributed by atoms with Crippen LogP contribution in [0.5, 0.6) is 0 Å². The molecule has 0 saturated heterocycles. The molecule has 2 aromatic carbocycles. The van der Waals surface area contributed by atoms with Crippen LogP contribution in [0.4, 0.5) is 0 Å². The summed E-state index contributed by atoms with van der Waals surface area (Å²) in [5.41, 5.74) is 3.08. The van der Waals surface area contributed by atoms with Gasteiger partial charge in [-0.3, -0.25) is 0 Å². The standard InChI is InChI=1S/C15H14Br2O/c1-2-10-3-5-11(6-4-10)15(18)12-7-8-13(16)14(17)9-12/h3-9,15,18H,2H2,1H3. The van der Waals surface area contributed by atoms with Crippen molar-refractivity contribution in [2.24, 2.45) is 0 Å². The maximum absolute atomic E-state index is 10.3. The van der Waals surface area contributed by atoms with Gasteiger partial charge in [0.15, 0.2) is 0 Å². The van der Waals surface area contributed by atoms with Gasteiger partial charge in [-0.2, -0.15) is 0 Å². The Hall–Kier alpha value is -0.640. The molecule has 0 amide bonds. The molecule has 1 atom stereocenters. The van der Waals surface area contributed by atoms with Gasteiger partial charge in [-0.1, -0.05) is 37.3 Å². The molecule has 0 fully saturated rings. The minimum atomic E-state index is -0.583. The lowest BCUT2D eigenvalue weighted by molar-refractivity contribution is 0.220. The Morgan fingerprint density at radius 1 is 0.944 bits per heavy atom. The van der Waals surface area contributed by atoms with Gasteiger partial charge in [-0.05, 0) is 67.1 Å². The maximum Gasteiger partial charge on any atom is 0.104 e. The molecule has 0 heterocycles. The Balaban J connectivity index is 2.28. The van der Waals surface area contributed by atoms with Gasteiger partial charge in [0.05, 0.1) is 0 Å². The highest BCUT2D eigenvalue weighted by molar-refractivity contribution is 9.13. The Labute approximate surface area is 124 Å². The van der Waals surface area contributed by atoms with E-state index >= 15 is 0 Å². The molecule has 3 heteroatoms. The van der Waals surface area contributed by atoms with E-state index in [9.17, 15) is 5.11 Å². The van der Waals surface area contributed by atoms with E-state index in [1.54, 1.807) is 0 Å². The van der Waals surface area contributed by atoms with E-state index in [4.69, 9.17) is 0 Å². The number of halogens is 2. The molecule has 1 nitrogen and oxygen atoms in total. The number of hydrogen-bond donors (Lipinski definition) is 1. The van der Waals surface area contributed by atoms with Gasteiger partial charge in [0, 0.05) is 8.95 Å². The number of aryl methyl sites for hydroxylation is 1. The third-order valence-electron chi connectivity index (χ3n) is 2.96. The topological polar surface area (TPSA) is 20.2 Å². The van der Waals surface area contributed by atoms with Crippen molar-refractivity contribution in [3.63, 3.8) is 0 Å². The van der Waals surface area contributed by atoms with Crippen molar-refractivity contribution in [3.8, 4) is 0 Å². The summed E-state index contributed by atoms with van der Waals surface area (Å²) in [5, 5.41) is 10.3. The molecule has 0 aliphatic rings. The fourth-order valence-electron chi connectivity index (χ4n) is 1.81. The molecule has 0 bridgehead atoms. The summed E-state index contributed by atoms with van der Waals surface area (Å²) in [7, 11) is 0. The van der Waals surface area contributed by atoms with E-state index in [0.29, 0.717) is 0 Å². The second-order valence-electron chi connectivity index (χ2n) is 4.17. The van der Waals surface area contributed by atoms with Gasteiger partial charge in [-0.15, -0.1) is 0 Å². The van der Waals surface area contributed by atoms with Gasteiger partial charge in [0.25, 0.3) is 0 Å². The highest BCUT2D eigenvalue weighted by Gasteiger charge is 2.11. The minimum absolute atomic E-state index is 0.583. The van der Waals surface area contributed by atoms with Gasteiger partial charge in [0.2, 0.25) is 0 Å². The normalized spacial score (nSPS) is 12.4. The fourth-order valence-corrected chi connectivity index (χ4v) is 2.45. The molecule has 1 unspecified atom stereocenters. The van der Waals surface area contributed by atoms with Crippen LogP contribution in [0.1, 0.15) is 29.7 Å². The predicted octanol–water partition coefficient (Wildman–Crippen LogP) is 4.86. The molecule has 0 aliphatic carbocycles. The average molecular weight is 370 g/mol. The zero-order chi connectivity index (χ0) is 13.1. The molecule has 0 aromatic heterocycles. The second kappa shape index (κ2) is 6.00. The Bertz CT molecular complexity index is 535. The van der Waals surface area contributed by atoms with E-state index < -0.39 is 6.10 Å².